The third-order valence-corrected chi connectivity index (χ3v) is 6.11. The van der Waals surface area contributed by atoms with Crippen molar-refractivity contribution in [1.29, 1.82) is 0 Å². The molecule has 9 heteroatoms. The number of ether oxygens (including phenoxy) is 1. The minimum atomic E-state index is -0.530. The number of pyridine rings is 1. The van der Waals surface area contributed by atoms with Crippen LogP contribution in [-0.4, -0.2) is 46.7 Å². The van der Waals surface area contributed by atoms with Gasteiger partial charge in [-0.05, 0) is 68.3 Å². The Morgan fingerprint density at radius 1 is 1.32 bits per heavy atom. The molecule has 1 aliphatic heterocycles. The Morgan fingerprint density at radius 3 is 2.81 bits per heavy atom. The van der Waals surface area contributed by atoms with E-state index < -0.39 is 11.7 Å². The van der Waals surface area contributed by atoms with Crippen molar-refractivity contribution in [2.24, 2.45) is 5.92 Å². The van der Waals surface area contributed by atoms with Crippen LogP contribution in [-0.2, 0) is 9.53 Å². The van der Waals surface area contributed by atoms with Crippen LogP contribution in [0.2, 0.25) is 0 Å². The molecule has 1 saturated heterocycles. The molecule has 0 spiro atoms. The highest BCUT2D eigenvalue weighted by Gasteiger charge is 2.28. The number of rotatable bonds is 5. The number of H-pyrrole nitrogens is 1. The van der Waals surface area contributed by atoms with Crippen molar-refractivity contribution in [3.63, 3.8) is 0 Å². The van der Waals surface area contributed by atoms with Gasteiger partial charge in [-0.15, -0.1) is 0 Å². The second-order valence-electron chi connectivity index (χ2n) is 9.51. The number of anilines is 2. The largest absolute Gasteiger partial charge is 0.444 e. The summed E-state index contributed by atoms with van der Waals surface area (Å²) in [4.78, 5) is 34.6. The lowest BCUT2D eigenvalue weighted by atomic mass is 10.0. The molecule has 4 rings (SSSR count). The molecule has 1 aliphatic carbocycles. The Hall–Kier alpha value is -2.29. The highest BCUT2D eigenvalue weighted by atomic mass is 79.9. The second kappa shape index (κ2) is 8.68. The van der Waals surface area contributed by atoms with Gasteiger partial charge in [-0.2, -0.15) is 0 Å². The van der Waals surface area contributed by atoms with Gasteiger partial charge in [0.05, 0.1) is 21.2 Å². The SMILES string of the molecule is CC(C)(C)OC(=O)N[C@@H]1CCCN(c2c(Br)cnc3[nH]cc(NC(=O)CC4CC4)c23)C1. The number of amides is 2. The average molecular weight is 492 g/mol. The lowest BCUT2D eigenvalue weighted by Gasteiger charge is -2.36. The maximum atomic E-state index is 12.4. The van der Waals surface area contributed by atoms with Crippen LogP contribution in [0.15, 0.2) is 16.9 Å². The maximum absolute atomic E-state index is 12.4. The summed E-state index contributed by atoms with van der Waals surface area (Å²) < 4.78 is 6.28. The van der Waals surface area contributed by atoms with Crippen molar-refractivity contribution < 1.29 is 14.3 Å². The zero-order valence-corrected chi connectivity index (χ0v) is 19.8. The number of nitrogens with zero attached hydrogens (tertiary/aromatic N) is 2. The molecular formula is C22H30BrN5O3. The predicted molar refractivity (Wildman–Crippen MR) is 124 cm³/mol. The van der Waals surface area contributed by atoms with Gasteiger partial charge in [0.15, 0.2) is 0 Å². The van der Waals surface area contributed by atoms with Crippen LogP contribution >= 0.6 is 15.9 Å². The molecule has 3 heterocycles. The van der Waals surface area contributed by atoms with E-state index >= 15 is 0 Å². The molecule has 31 heavy (non-hydrogen) atoms. The molecular weight excluding hydrogens is 462 g/mol. The lowest BCUT2D eigenvalue weighted by Crippen LogP contribution is -2.49. The minimum Gasteiger partial charge on any atom is -0.444 e. The molecule has 0 unspecified atom stereocenters. The number of halogens is 1. The van der Waals surface area contributed by atoms with Crippen LogP contribution in [0.1, 0.15) is 52.9 Å². The standard InChI is InChI=1S/C22H30BrN5O3/c1-22(2,3)31-21(30)26-14-5-4-8-28(12-14)19-15(23)10-24-20-18(19)16(11-25-20)27-17(29)9-13-6-7-13/h10-11,13-14H,4-9,12H2,1-3H3,(H,24,25)(H,26,30)(H,27,29)/t14-/m1/s1. The van der Waals surface area contributed by atoms with Gasteiger partial charge >= 0.3 is 6.09 Å². The van der Waals surface area contributed by atoms with Gasteiger partial charge in [-0.1, -0.05) is 0 Å². The zero-order chi connectivity index (χ0) is 22.2. The maximum Gasteiger partial charge on any atom is 0.407 e. The summed E-state index contributed by atoms with van der Waals surface area (Å²) in [6.07, 6.45) is 7.85. The number of alkyl carbamates (subject to hydrolysis) is 1. The summed E-state index contributed by atoms with van der Waals surface area (Å²) in [6, 6.07) is -0.0226. The van der Waals surface area contributed by atoms with Crippen molar-refractivity contribution >= 4 is 50.3 Å². The van der Waals surface area contributed by atoms with Crippen LogP contribution in [0.5, 0.6) is 0 Å². The Labute approximate surface area is 190 Å². The summed E-state index contributed by atoms with van der Waals surface area (Å²) in [5.74, 6) is 0.564. The molecule has 3 N–H and O–H groups in total. The molecule has 0 radical (unpaired) electrons. The number of hydrogen-bond acceptors (Lipinski definition) is 5. The number of hydrogen-bond donors (Lipinski definition) is 3. The zero-order valence-electron chi connectivity index (χ0n) is 18.3. The molecule has 2 aromatic rings. The molecule has 2 aromatic heterocycles. The Balaban J connectivity index is 1.54. The van der Waals surface area contributed by atoms with Crippen LogP contribution < -0.4 is 15.5 Å². The topological polar surface area (TPSA) is 99.3 Å². The number of aromatic amines is 1. The minimum absolute atomic E-state index is 0.0226. The first kappa shape index (κ1) is 21.9. The fourth-order valence-corrected chi connectivity index (χ4v) is 4.57. The van der Waals surface area contributed by atoms with Gasteiger partial charge in [0, 0.05) is 37.9 Å². The summed E-state index contributed by atoms with van der Waals surface area (Å²) in [7, 11) is 0. The third-order valence-electron chi connectivity index (χ3n) is 5.53. The van der Waals surface area contributed by atoms with Gasteiger partial charge in [0.2, 0.25) is 5.91 Å². The molecule has 1 atom stereocenters. The number of fused-ring (bicyclic) bond motifs is 1. The van der Waals surface area contributed by atoms with Crippen molar-refractivity contribution in [1.82, 2.24) is 15.3 Å². The van der Waals surface area contributed by atoms with Crippen LogP contribution in [0.25, 0.3) is 11.0 Å². The summed E-state index contributed by atoms with van der Waals surface area (Å²) in [5.41, 5.74) is 1.91. The fraction of sp³-hybridized carbons (Fsp3) is 0.591. The van der Waals surface area contributed by atoms with Crippen molar-refractivity contribution in [3.8, 4) is 0 Å². The first-order chi connectivity index (χ1) is 14.7. The number of nitrogens with one attached hydrogen (secondary N) is 3. The van der Waals surface area contributed by atoms with Crippen LogP contribution in [0, 0.1) is 5.92 Å². The number of carbonyl (C=O) groups excluding carboxylic acids is 2. The average Bonchev–Trinajstić information content (AvgIpc) is 3.39. The first-order valence-corrected chi connectivity index (χ1v) is 11.7. The van der Waals surface area contributed by atoms with Crippen LogP contribution in [0.3, 0.4) is 0 Å². The monoisotopic (exact) mass is 491 g/mol. The molecule has 8 nitrogen and oxygen atoms in total. The van der Waals surface area contributed by atoms with Gasteiger partial charge in [-0.3, -0.25) is 4.79 Å². The highest BCUT2D eigenvalue weighted by Crippen LogP contribution is 2.39. The van der Waals surface area contributed by atoms with E-state index in [0.717, 1.165) is 59.1 Å². The third kappa shape index (κ3) is 5.50. The van der Waals surface area contributed by atoms with E-state index in [0.29, 0.717) is 18.9 Å². The number of aromatic nitrogens is 2. The number of piperidine rings is 1. The fourth-order valence-electron chi connectivity index (χ4n) is 4.02. The second-order valence-corrected chi connectivity index (χ2v) is 10.4. The summed E-state index contributed by atoms with van der Waals surface area (Å²) in [6.45, 7) is 7.07. The molecule has 0 aromatic carbocycles. The van der Waals surface area contributed by atoms with E-state index in [9.17, 15) is 9.59 Å². The van der Waals surface area contributed by atoms with E-state index in [2.05, 4.69) is 41.4 Å². The Morgan fingerprint density at radius 2 is 2.10 bits per heavy atom. The molecule has 2 aliphatic rings. The lowest BCUT2D eigenvalue weighted by molar-refractivity contribution is -0.116. The summed E-state index contributed by atoms with van der Waals surface area (Å²) in [5, 5.41) is 6.95. The van der Waals surface area contributed by atoms with Gasteiger partial charge < -0.3 is 25.3 Å². The van der Waals surface area contributed by atoms with Crippen LogP contribution in [0.4, 0.5) is 16.2 Å². The quantitative estimate of drug-likeness (QED) is 0.569. The van der Waals surface area contributed by atoms with Gasteiger partial charge in [-0.25, -0.2) is 9.78 Å². The van der Waals surface area contributed by atoms with Crippen molar-refractivity contribution in [2.45, 2.75) is 64.5 Å². The molecule has 2 amide bonds. The van der Waals surface area contributed by atoms with E-state index in [1.807, 2.05) is 20.8 Å². The normalized spacial score (nSPS) is 19.4. The van der Waals surface area contributed by atoms with E-state index in [1.54, 1.807) is 12.4 Å². The van der Waals surface area contributed by atoms with Crippen molar-refractivity contribution in [3.05, 3.63) is 16.9 Å². The van der Waals surface area contributed by atoms with E-state index in [1.165, 1.54) is 0 Å². The molecule has 0 bridgehead atoms. The smallest absolute Gasteiger partial charge is 0.407 e. The molecule has 1 saturated carbocycles. The van der Waals surface area contributed by atoms with E-state index in [-0.39, 0.29) is 11.9 Å². The molecule has 168 valence electrons. The number of carbonyl (C=O) groups is 2. The molecule has 2 fully saturated rings. The predicted octanol–water partition coefficient (Wildman–Crippen LogP) is 4.56. The first-order valence-electron chi connectivity index (χ1n) is 10.9. The van der Waals surface area contributed by atoms with Crippen molar-refractivity contribution in [2.75, 3.05) is 23.3 Å². The van der Waals surface area contributed by atoms with Gasteiger partial charge in [0.1, 0.15) is 11.2 Å². The Bertz CT molecular complexity index is 979. The van der Waals surface area contributed by atoms with E-state index in [4.69, 9.17) is 4.74 Å². The Kier molecular flexibility index (Phi) is 6.14. The highest BCUT2D eigenvalue weighted by molar-refractivity contribution is 9.10. The summed E-state index contributed by atoms with van der Waals surface area (Å²) >= 11 is 3.66. The van der Waals surface area contributed by atoms with Gasteiger partial charge in [0.25, 0.3) is 0 Å².